The highest BCUT2D eigenvalue weighted by Crippen LogP contribution is 1.65. The maximum absolute atomic E-state index is 8.12. The van der Waals surface area contributed by atoms with Crippen molar-refractivity contribution < 1.29 is 14.7 Å². The summed E-state index contributed by atoms with van der Waals surface area (Å²) in [5.41, 5.74) is 0. The predicted molar refractivity (Wildman–Crippen MR) is 34.1 cm³/mol. The van der Waals surface area contributed by atoms with Crippen LogP contribution in [0.4, 0.5) is 0 Å². The van der Waals surface area contributed by atoms with Gasteiger partial charge in [-0.2, -0.15) is 9.59 Å². The standard InChI is InChI=1S/C3H8O.CH3Cl.CO2/c1-3(2)4;1-2;2-1-3/h3-4H,1-2H3;1H3;. The van der Waals surface area contributed by atoms with Gasteiger partial charge in [-0.25, -0.2) is 0 Å². The summed E-state index contributed by atoms with van der Waals surface area (Å²) in [5, 5.41) is 8.06. The molecule has 56 valence electrons. The van der Waals surface area contributed by atoms with Gasteiger partial charge in [0.25, 0.3) is 0 Å². The second kappa shape index (κ2) is 25.5. The molecule has 0 spiro atoms. The summed E-state index contributed by atoms with van der Waals surface area (Å²) in [4.78, 5) is 16.2. The quantitative estimate of drug-likeness (QED) is 0.522. The lowest BCUT2D eigenvalue weighted by Gasteiger charge is -1.80. The van der Waals surface area contributed by atoms with Gasteiger partial charge in [0.15, 0.2) is 0 Å². The zero-order valence-electron chi connectivity index (χ0n) is 5.72. The molecular formula is C5H11ClO3. The van der Waals surface area contributed by atoms with E-state index >= 15 is 0 Å². The van der Waals surface area contributed by atoms with E-state index in [2.05, 4.69) is 11.6 Å². The highest BCUT2D eigenvalue weighted by atomic mass is 35.5. The molecule has 0 saturated carbocycles. The highest BCUT2D eigenvalue weighted by molar-refractivity contribution is 6.15. The van der Waals surface area contributed by atoms with Crippen LogP contribution in [0.15, 0.2) is 0 Å². The molecule has 4 heteroatoms. The number of halogens is 1. The number of hydrogen-bond donors (Lipinski definition) is 1. The molecule has 0 bridgehead atoms. The normalized spacial score (nSPS) is 5.56. The molecule has 1 N–H and O–H groups in total. The van der Waals surface area contributed by atoms with Gasteiger partial charge >= 0.3 is 6.15 Å². The van der Waals surface area contributed by atoms with E-state index in [1.54, 1.807) is 13.8 Å². The molecule has 0 aliphatic heterocycles. The molecule has 0 aromatic heterocycles. The van der Waals surface area contributed by atoms with Crippen LogP contribution >= 0.6 is 11.6 Å². The summed E-state index contributed by atoms with van der Waals surface area (Å²) in [6.07, 6.45) is 1.56. The van der Waals surface area contributed by atoms with E-state index in [1.165, 1.54) is 6.38 Å². The molecule has 0 aliphatic rings. The molecule has 0 aliphatic carbocycles. The third-order valence-electron chi connectivity index (χ3n) is 0. The topological polar surface area (TPSA) is 54.4 Å². The zero-order valence-corrected chi connectivity index (χ0v) is 6.47. The first-order valence-electron chi connectivity index (χ1n) is 2.20. The fourth-order valence-corrected chi connectivity index (χ4v) is 0. The van der Waals surface area contributed by atoms with Gasteiger partial charge in [0, 0.05) is 12.5 Å². The Morgan fingerprint density at radius 3 is 1.33 bits per heavy atom. The Bertz CT molecular complexity index is 54.5. The Morgan fingerprint density at radius 2 is 1.33 bits per heavy atom. The molecule has 0 atom stereocenters. The van der Waals surface area contributed by atoms with Gasteiger partial charge in [-0.05, 0) is 13.8 Å². The van der Waals surface area contributed by atoms with E-state index in [1.807, 2.05) is 0 Å². The fourth-order valence-electron chi connectivity index (χ4n) is 0. The van der Waals surface area contributed by atoms with Gasteiger partial charge < -0.3 is 5.11 Å². The van der Waals surface area contributed by atoms with Crippen molar-refractivity contribution in [3.63, 3.8) is 0 Å². The molecule has 3 nitrogen and oxygen atoms in total. The minimum Gasteiger partial charge on any atom is -0.394 e. The summed E-state index contributed by atoms with van der Waals surface area (Å²) in [7, 11) is 0. The Kier molecular flexibility index (Phi) is 44.8. The molecule has 0 aromatic carbocycles. The first kappa shape index (κ1) is 15.9. The minimum atomic E-state index is -0.167. The van der Waals surface area contributed by atoms with Crippen LogP contribution in [-0.4, -0.2) is 23.7 Å². The first-order chi connectivity index (χ1) is 4.15. The Morgan fingerprint density at radius 1 is 1.33 bits per heavy atom. The van der Waals surface area contributed by atoms with Crippen LogP contribution in [0.3, 0.4) is 0 Å². The van der Waals surface area contributed by atoms with Crippen molar-refractivity contribution in [1.82, 2.24) is 0 Å². The number of alkyl halides is 1. The Balaban J connectivity index is -0.0000000646. The van der Waals surface area contributed by atoms with Gasteiger partial charge in [-0.1, -0.05) is 0 Å². The molecule has 0 aromatic rings. The Hall–Kier alpha value is -0.370. The van der Waals surface area contributed by atoms with Gasteiger partial charge in [0.2, 0.25) is 0 Å². The molecule has 0 unspecified atom stereocenters. The molecule has 0 saturated heterocycles. The number of hydrogen-bond acceptors (Lipinski definition) is 3. The van der Waals surface area contributed by atoms with E-state index in [-0.39, 0.29) is 12.3 Å². The van der Waals surface area contributed by atoms with Crippen molar-refractivity contribution in [2.75, 3.05) is 6.38 Å². The largest absolute Gasteiger partial charge is 0.394 e. The summed E-state index contributed by atoms with van der Waals surface area (Å²) >= 11 is 4.64. The van der Waals surface area contributed by atoms with Crippen molar-refractivity contribution in [1.29, 1.82) is 0 Å². The SMILES string of the molecule is CC(C)O.CCl.O=C=O. The number of carbonyl (C=O) groups excluding carboxylic acids is 2. The third kappa shape index (κ3) is 1770. The van der Waals surface area contributed by atoms with Crippen LogP contribution in [0.1, 0.15) is 13.8 Å². The lowest BCUT2D eigenvalue weighted by atomic mass is 10.5. The lowest BCUT2D eigenvalue weighted by molar-refractivity contribution is -0.191. The second-order valence-corrected chi connectivity index (χ2v) is 1.18. The fraction of sp³-hybridized carbons (Fsp3) is 0.800. The molecule has 0 rings (SSSR count). The maximum Gasteiger partial charge on any atom is 0.373 e. The third-order valence-corrected chi connectivity index (χ3v) is 0. The zero-order chi connectivity index (χ0) is 8.28. The van der Waals surface area contributed by atoms with Crippen molar-refractivity contribution in [3.05, 3.63) is 0 Å². The van der Waals surface area contributed by atoms with Crippen molar-refractivity contribution >= 4 is 17.8 Å². The summed E-state index contributed by atoms with van der Waals surface area (Å²) in [6, 6.07) is 0. The van der Waals surface area contributed by atoms with Crippen LogP contribution in [-0.2, 0) is 9.59 Å². The molecule has 0 heterocycles. The van der Waals surface area contributed by atoms with E-state index in [0.717, 1.165) is 0 Å². The van der Waals surface area contributed by atoms with Crippen LogP contribution in [0.5, 0.6) is 0 Å². The van der Waals surface area contributed by atoms with Crippen LogP contribution in [0.2, 0.25) is 0 Å². The van der Waals surface area contributed by atoms with Gasteiger partial charge in [0.05, 0.1) is 0 Å². The molecule has 0 radical (unpaired) electrons. The number of rotatable bonds is 0. The monoisotopic (exact) mass is 154 g/mol. The number of aliphatic hydroxyl groups is 1. The van der Waals surface area contributed by atoms with Crippen molar-refractivity contribution in [2.24, 2.45) is 0 Å². The highest BCUT2D eigenvalue weighted by Gasteiger charge is 1.69. The van der Waals surface area contributed by atoms with Crippen LogP contribution in [0.25, 0.3) is 0 Å². The Labute approximate surface area is 59.6 Å². The summed E-state index contributed by atoms with van der Waals surface area (Å²) in [6.45, 7) is 3.44. The van der Waals surface area contributed by atoms with E-state index < -0.39 is 0 Å². The van der Waals surface area contributed by atoms with Gasteiger partial charge in [0.1, 0.15) is 0 Å². The van der Waals surface area contributed by atoms with Crippen molar-refractivity contribution in [3.8, 4) is 0 Å². The van der Waals surface area contributed by atoms with E-state index in [0.29, 0.717) is 0 Å². The summed E-state index contributed by atoms with van der Waals surface area (Å²) in [5.74, 6) is 0. The molecular weight excluding hydrogens is 144 g/mol. The van der Waals surface area contributed by atoms with Crippen LogP contribution in [0, 0.1) is 0 Å². The van der Waals surface area contributed by atoms with Crippen LogP contribution < -0.4 is 0 Å². The molecule has 9 heavy (non-hydrogen) atoms. The van der Waals surface area contributed by atoms with Gasteiger partial charge in [-0.3, -0.25) is 0 Å². The smallest absolute Gasteiger partial charge is 0.373 e. The van der Waals surface area contributed by atoms with E-state index in [9.17, 15) is 0 Å². The molecule has 0 fully saturated rings. The van der Waals surface area contributed by atoms with E-state index in [4.69, 9.17) is 14.7 Å². The van der Waals surface area contributed by atoms with Gasteiger partial charge in [-0.15, -0.1) is 11.6 Å². The molecule has 0 amide bonds. The average molecular weight is 155 g/mol. The van der Waals surface area contributed by atoms with Crippen molar-refractivity contribution in [2.45, 2.75) is 20.0 Å². The second-order valence-electron chi connectivity index (χ2n) is 1.18. The lowest BCUT2D eigenvalue weighted by Crippen LogP contribution is -1.85. The predicted octanol–water partition coefficient (Wildman–Crippen LogP) is 0.659. The summed E-state index contributed by atoms with van der Waals surface area (Å²) < 4.78 is 0. The number of aliphatic hydroxyl groups excluding tert-OH is 1. The first-order valence-corrected chi connectivity index (χ1v) is 2.96. The average Bonchev–Trinajstić information content (AvgIpc) is 1.71. The maximum atomic E-state index is 8.12. The minimum absolute atomic E-state index is 0.167.